The van der Waals surface area contributed by atoms with Gasteiger partial charge in [0.05, 0.1) is 10.3 Å². The Balaban J connectivity index is 1.79. The third-order valence-corrected chi connectivity index (χ3v) is 4.36. The predicted molar refractivity (Wildman–Crippen MR) is 102 cm³/mol. The van der Waals surface area contributed by atoms with E-state index in [2.05, 4.69) is 0 Å². The Labute approximate surface area is 161 Å². The number of hydrogen-bond donors (Lipinski definition) is 3. The van der Waals surface area contributed by atoms with E-state index < -0.39 is 21.9 Å². The van der Waals surface area contributed by atoms with E-state index in [-0.39, 0.29) is 45.7 Å². The van der Waals surface area contributed by atoms with E-state index in [1.807, 2.05) is 0 Å². The van der Waals surface area contributed by atoms with Crippen LogP contribution >= 0.6 is 0 Å². The summed E-state index contributed by atoms with van der Waals surface area (Å²) in [5, 5.41) is 40.1. The highest BCUT2D eigenvalue weighted by molar-refractivity contribution is 5.95. The number of phenolic OH excluding ortho intramolecular Hbond substituents is 3. The highest BCUT2D eigenvalue weighted by atomic mass is 16.6. The molecule has 146 valence electrons. The topological polar surface area (TPSA) is 143 Å². The molecule has 0 saturated heterocycles. The van der Waals surface area contributed by atoms with Crippen LogP contribution in [0.4, 0.5) is 5.69 Å². The molecule has 0 radical (unpaired) electrons. The van der Waals surface area contributed by atoms with Crippen molar-refractivity contribution < 1.29 is 29.4 Å². The molecular formula is C20H13NO8. The van der Waals surface area contributed by atoms with Gasteiger partial charge in [0.15, 0.2) is 11.5 Å². The minimum Gasteiger partial charge on any atom is -0.508 e. The summed E-state index contributed by atoms with van der Waals surface area (Å²) in [5.74, 6) is -1.09. The molecule has 9 nitrogen and oxygen atoms in total. The standard InChI is InChI=1S/C20H13NO8/c22-12-5-17(28-9-10-1-3-11(4-2-10)21(26)27)19-18(6-12)29-16-8-15(24)14(23)7-13(16)20(19)25/h1-8,22-24H,9H2. The van der Waals surface area contributed by atoms with Gasteiger partial charge in [-0.1, -0.05) is 0 Å². The van der Waals surface area contributed by atoms with Crippen molar-refractivity contribution in [2.24, 2.45) is 0 Å². The van der Waals surface area contributed by atoms with Crippen molar-refractivity contribution in [1.82, 2.24) is 0 Å². The Kier molecular flexibility index (Phi) is 4.19. The average molecular weight is 395 g/mol. The van der Waals surface area contributed by atoms with E-state index in [1.165, 1.54) is 36.4 Å². The van der Waals surface area contributed by atoms with E-state index in [1.54, 1.807) is 0 Å². The van der Waals surface area contributed by atoms with Crippen molar-refractivity contribution >= 4 is 27.6 Å². The second-order valence-corrected chi connectivity index (χ2v) is 6.30. The lowest BCUT2D eigenvalue weighted by Gasteiger charge is -2.11. The highest BCUT2D eigenvalue weighted by Crippen LogP contribution is 2.34. The highest BCUT2D eigenvalue weighted by Gasteiger charge is 2.17. The molecule has 4 rings (SSSR count). The molecule has 3 N–H and O–H groups in total. The summed E-state index contributed by atoms with van der Waals surface area (Å²) in [7, 11) is 0. The van der Waals surface area contributed by atoms with Crippen LogP contribution in [0.5, 0.6) is 23.0 Å². The zero-order chi connectivity index (χ0) is 20.7. The fourth-order valence-electron chi connectivity index (χ4n) is 2.94. The molecular weight excluding hydrogens is 382 g/mol. The van der Waals surface area contributed by atoms with Crippen molar-refractivity contribution in [1.29, 1.82) is 0 Å². The Morgan fingerprint density at radius 3 is 2.34 bits per heavy atom. The van der Waals surface area contributed by atoms with E-state index >= 15 is 0 Å². The van der Waals surface area contributed by atoms with E-state index in [0.29, 0.717) is 5.56 Å². The maximum atomic E-state index is 12.9. The fraction of sp³-hybridized carbons (Fsp3) is 0.0500. The molecule has 0 saturated carbocycles. The van der Waals surface area contributed by atoms with Crippen molar-refractivity contribution in [2.45, 2.75) is 6.61 Å². The van der Waals surface area contributed by atoms with Crippen LogP contribution in [0.15, 0.2) is 57.7 Å². The molecule has 29 heavy (non-hydrogen) atoms. The molecule has 9 heteroatoms. The van der Waals surface area contributed by atoms with Gasteiger partial charge >= 0.3 is 0 Å². The number of benzene rings is 3. The number of non-ortho nitro benzene ring substituents is 1. The molecule has 0 spiro atoms. The predicted octanol–water partition coefficient (Wildman–Crippen LogP) is 3.55. The molecule has 0 amide bonds. The van der Waals surface area contributed by atoms with Gasteiger partial charge in [0.25, 0.3) is 5.69 Å². The molecule has 0 aliphatic heterocycles. The summed E-state index contributed by atoms with van der Waals surface area (Å²) in [6.45, 7) is -0.0190. The first kappa shape index (κ1) is 18.1. The van der Waals surface area contributed by atoms with Gasteiger partial charge in [-0.15, -0.1) is 0 Å². The van der Waals surface area contributed by atoms with Gasteiger partial charge < -0.3 is 24.5 Å². The molecule has 4 aromatic rings. The minimum atomic E-state index is -0.518. The van der Waals surface area contributed by atoms with Crippen molar-refractivity contribution in [3.8, 4) is 23.0 Å². The number of hydrogen-bond acceptors (Lipinski definition) is 8. The number of aromatic hydroxyl groups is 3. The lowest BCUT2D eigenvalue weighted by atomic mass is 10.1. The Bertz CT molecular complexity index is 1320. The zero-order valence-corrected chi connectivity index (χ0v) is 14.7. The number of nitro groups is 1. The van der Waals surface area contributed by atoms with Gasteiger partial charge in [0.2, 0.25) is 5.43 Å². The quantitative estimate of drug-likeness (QED) is 0.206. The monoisotopic (exact) mass is 395 g/mol. The number of nitro benzene ring substituents is 1. The summed E-state index contributed by atoms with van der Waals surface area (Å²) >= 11 is 0. The summed E-state index contributed by atoms with van der Waals surface area (Å²) in [4.78, 5) is 23.1. The number of rotatable bonds is 4. The molecule has 0 bridgehead atoms. The molecule has 0 aliphatic carbocycles. The van der Waals surface area contributed by atoms with Gasteiger partial charge in [0.1, 0.15) is 34.7 Å². The lowest BCUT2D eigenvalue weighted by molar-refractivity contribution is -0.384. The van der Waals surface area contributed by atoms with Crippen molar-refractivity contribution in [2.75, 3.05) is 0 Å². The fourth-order valence-corrected chi connectivity index (χ4v) is 2.94. The first-order valence-electron chi connectivity index (χ1n) is 8.35. The van der Waals surface area contributed by atoms with Crippen LogP contribution in [0.25, 0.3) is 21.9 Å². The first-order chi connectivity index (χ1) is 13.8. The maximum Gasteiger partial charge on any atom is 0.269 e. The molecule has 1 aromatic heterocycles. The van der Waals surface area contributed by atoms with Gasteiger partial charge in [-0.2, -0.15) is 0 Å². The second-order valence-electron chi connectivity index (χ2n) is 6.30. The SMILES string of the molecule is O=c1c2cc(O)c(O)cc2oc2cc(O)cc(OCc3ccc([N+](=O)[O-])cc3)c12. The number of nitrogens with zero attached hydrogens (tertiary/aromatic N) is 1. The Hall–Kier alpha value is -4.27. The number of ether oxygens (including phenoxy) is 1. The number of phenols is 3. The van der Waals surface area contributed by atoms with E-state index in [0.717, 1.165) is 12.1 Å². The van der Waals surface area contributed by atoms with Crippen LogP contribution in [0.2, 0.25) is 0 Å². The summed E-state index contributed by atoms with van der Waals surface area (Å²) in [5.41, 5.74) is 0.0952. The molecule has 0 aliphatic rings. The first-order valence-corrected chi connectivity index (χ1v) is 8.35. The largest absolute Gasteiger partial charge is 0.508 e. The third-order valence-electron chi connectivity index (χ3n) is 4.36. The second kappa shape index (κ2) is 6.71. The minimum absolute atomic E-state index is 0.0190. The average Bonchev–Trinajstić information content (AvgIpc) is 2.68. The Morgan fingerprint density at radius 2 is 1.66 bits per heavy atom. The van der Waals surface area contributed by atoms with Crippen LogP contribution in [0, 0.1) is 10.1 Å². The van der Waals surface area contributed by atoms with Gasteiger partial charge in [-0.3, -0.25) is 14.9 Å². The molecule has 1 heterocycles. The van der Waals surface area contributed by atoms with Gasteiger partial charge in [-0.25, -0.2) is 0 Å². The van der Waals surface area contributed by atoms with Gasteiger partial charge in [0, 0.05) is 30.3 Å². The molecule has 0 fully saturated rings. The summed E-state index contributed by atoms with van der Waals surface area (Å²) < 4.78 is 11.3. The maximum absolute atomic E-state index is 12.9. The van der Waals surface area contributed by atoms with Crippen LogP contribution in [0.3, 0.4) is 0 Å². The van der Waals surface area contributed by atoms with E-state index in [4.69, 9.17) is 9.15 Å². The summed E-state index contributed by atoms with van der Waals surface area (Å²) in [6.07, 6.45) is 0. The van der Waals surface area contributed by atoms with Crippen molar-refractivity contribution in [3.05, 3.63) is 74.4 Å². The smallest absolute Gasteiger partial charge is 0.269 e. The zero-order valence-electron chi connectivity index (χ0n) is 14.7. The third kappa shape index (κ3) is 3.25. The number of fused-ring (bicyclic) bond motifs is 2. The van der Waals surface area contributed by atoms with Crippen LogP contribution in [0.1, 0.15) is 5.56 Å². The van der Waals surface area contributed by atoms with Crippen LogP contribution in [-0.2, 0) is 6.61 Å². The van der Waals surface area contributed by atoms with E-state index in [9.17, 15) is 30.2 Å². The summed E-state index contributed by atoms with van der Waals surface area (Å²) in [6, 6.07) is 10.4. The Morgan fingerprint density at radius 1 is 0.966 bits per heavy atom. The normalized spacial score (nSPS) is 11.0. The molecule has 0 atom stereocenters. The van der Waals surface area contributed by atoms with Gasteiger partial charge in [-0.05, 0) is 23.8 Å². The van der Waals surface area contributed by atoms with Crippen molar-refractivity contribution in [3.63, 3.8) is 0 Å². The molecule has 3 aromatic carbocycles. The van der Waals surface area contributed by atoms with Crippen LogP contribution in [-0.4, -0.2) is 20.2 Å². The van der Waals surface area contributed by atoms with Crippen LogP contribution < -0.4 is 10.2 Å². The lowest BCUT2D eigenvalue weighted by Crippen LogP contribution is -2.05. The molecule has 0 unspecified atom stereocenters.